The van der Waals surface area contributed by atoms with Gasteiger partial charge in [-0.25, -0.2) is 0 Å². The summed E-state index contributed by atoms with van der Waals surface area (Å²) in [5.41, 5.74) is 0. The molecule has 11 heavy (non-hydrogen) atoms. The SMILES string of the molecule is CCCC#CC#CCC=CO. The minimum absolute atomic E-state index is 0.567. The number of allylic oxidation sites excluding steroid dienone is 1. The molecule has 1 heteroatoms. The third-order valence-corrected chi connectivity index (χ3v) is 0.940. The van der Waals surface area contributed by atoms with Gasteiger partial charge in [0.2, 0.25) is 0 Å². The highest BCUT2D eigenvalue weighted by Gasteiger charge is 1.67. The van der Waals surface area contributed by atoms with Crippen LogP contribution in [0.4, 0.5) is 0 Å². The minimum atomic E-state index is 0.567. The van der Waals surface area contributed by atoms with Crippen molar-refractivity contribution in [3.05, 3.63) is 12.3 Å². The van der Waals surface area contributed by atoms with Crippen molar-refractivity contribution in [1.82, 2.24) is 0 Å². The van der Waals surface area contributed by atoms with Crippen molar-refractivity contribution in [3.8, 4) is 23.7 Å². The molecule has 0 aliphatic rings. The fraction of sp³-hybridized carbons (Fsp3) is 0.400. The molecule has 0 aliphatic carbocycles. The van der Waals surface area contributed by atoms with Crippen LogP contribution in [0, 0.1) is 23.7 Å². The molecule has 0 aromatic heterocycles. The molecule has 0 bridgehead atoms. The van der Waals surface area contributed by atoms with Crippen LogP contribution in [0.25, 0.3) is 0 Å². The number of hydrogen-bond acceptors (Lipinski definition) is 1. The molecule has 0 rings (SSSR count). The third-order valence-electron chi connectivity index (χ3n) is 0.940. The van der Waals surface area contributed by atoms with Crippen LogP contribution >= 0.6 is 0 Å². The molecular formula is C10H12O. The summed E-state index contributed by atoms with van der Waals surface area (Å²) in [6, 6.07) is 0. The lowest BCUT2D eigenvalue weighted by Gasteiger charge is -1.73. The molecule has 0 fully saturated rings. The second kappa shape index (κ2) is 8.66. The first-order valence-electron chi connectivity index (χ1n) is 3.66. The second-order valence-corrected chi connectivity index (χ2v) is 1.94. The van der Waals surface area contributed by atoms with E-state index in [0.29, 0.717) is 6.42 Å². The molecule has 0 amide bonds. The predicted octanol–water partition coefficient (Wildman–Crippen LogP) is 2.26. The highest BCUT2D eigenvalue weighted by Crippen LogP contribution is 1.80. The fourth-order valence-corrected chi connectivity index (χ4v) is 0.439. The van der Waals surface area contributed by atoms with Crippen LogP contribution in [0.3, 0.4) is 0 Å². The molecular weight excluding hydrogens is 136 g/mol. The first kappa shape index (κ1) is 9.66. The van der Waals surface area contributed by atoms with Gasteiger partial charge >= 0.3 is 0 Å². The van der Waals surface area contributed by atoms with Crippen molar-refractivity contribution in [2.24, 2.45) is 0 Å². The normalized spacial score (nSPS) is 8.09. The first-order chi connectivity index (χ1) is 5.41. The van der Waals surface area contributed by atoms with E-state index in [1.54, 1.807) is 6.08 Å². The van der Waals surface area contributed by atoms with Gasteiger partial charge in [-0.2, -0.15) is 0 Å². The number of unbranched alkanes of at least 4 members (excludes halogenated alkanes) is 1. The van der Waals surface area contributed by atoms with Crippen molar-refractivity contribution in [3.63, 3.8) is 0 Å². The lowest BCUT2D eigenvalue weighted by Crippen LogP contribution is -1.61. The van der Waals surface area contributed by atoms with Crippen LogP contribution in [0.1, 0.15) is 26.2 Å². The van der Waals surface area contributed by atoms with E-state index in [2.05, 4.69) is 30.6 Å². The van der Waals surface area contributed by atoms with Gasteiger partial charge in [-0.05, 0) is 24.3 Å². The van der Waals surface area contributed by atoms with Crippen molar-refractivity contribution in [1.29, 1.82) is 0 Å². The molecule has 58 valence electrons. The molecule has 0 aromatic rings. The Morgan fingerprint density at radius 3 is 2.64 bits per heavy atom. The monoisotopic (exact) mass is 148 g/mol. The molecule has 0 saturated carbocycles. The summed E-state index contributed by atoms with van der Waals surface area (Å²) < 4.78 is 0. The molecule has 0 heterocycles. The predicted molar refractivity (Wildman–Crippen MR) is 46.8 cm³/mol. The molecule has 1 nitrogen and oxygen atoms in total. The van der Waals surface area contributed by atoms with Gasteiger partial charge in [-0.3, -0.25) is 0 Å². The Balaban J connectivity index is 3.48. The number of aliphatic hydroxyl groups is 1. The molecule has 0 spiro atoms. The van der Waals surface area contributed by atoms with Crippen molar-refractivity contribution >= 4 is 0 Å². The summed E-state index contributed by atoms with van der Waals surface area (Å²) in [7, 11) is 0. The van der Waals surface area contributed by atoms with E-state index in [1.807, 2.05) is 0 Å². The maximum atomic E-state index is 8.22. The Morgan fingerprint density at radius 1 is 1.27 bits per heavy atom. The van der Waals surface area contributed by atoms with Gasteiger partial charge in [0.25, 0.3) is 0 Å². The van der Waals surface area contributed by atoms with Gasteiger partial charge in [0.15, 0.2) is 0 Å². The first-order valence-corrected chi connectivity index (χ1v) is 3.66. The maximum Gasteiger partial charge on any atom is 0.0761 e. The maximum absolute atomic E-state index is 8.22. The zero-order valence-corrected chi connectivity index (χ0v) is 6.72. The van der Waals surface area contributed by atoms with Crippen molar-refractivity contribution < 1.29 is 5.11 Å². The summed E-state index contributed by atoms with van der Waals surface area (Å²) in [4.78, 5) is 0. The molecule has 0 unspecified atom stereocenters. The zero-order chi connectivity index (χ0) is 8.36. The highest BCUT2D eigenvalue weighted by molar-refractivity contribution is 5.26. The van der Waals surface area contributed by atoms with Gasteiger partial charge in [-0.1, -0.05) is 18.8 Å². The Hall–Kier alpha value is -1.34. The van der Waals surface area contributed by atoms with Crippen LogP contribution in [-0.4, -0.2) is 5.11 Å². The lowest BCUT2D eigenvalue weighted by molar-refractivity contribution is 0.472. The van der Waals surface area contributed by atoms with E-state index in [4.69, 9.17) is 5.11 Å². The van der Waals surface area contributed by atoms with Crippen LogP contribution < -0.4 is 0 Å². The number of aliphatic hydroxyl groups excluding tert-OH is 1. The van der Waals surface area contributed by atoms with Gasteiger partial charge in [-0.15, -0.1) is 0 Å². The average Bonchev–Trinajstić information content (AvgIpc) is 2.03. The zero-order valence-electron chi connectivity index (χ0n) is 6.72. The van der Waals surface area contributed by atoms with E-state index in [1.165, 1.54) is 0 Å². The van der Waals surface area contributed by atoms with Crippen LogP contribution in [0.5, 0.6) is 0 Å². The van der Waals surface area contributed by atoms with Gasteiger partial charge in [0.05, 0.1) is 6.26 Å². The summed E-state index contributed by atoms with van der Waals surface area (Å²) in [5.74, 6) is 11.1. The Kier molecular flexibility index (Phi) is 7.61. The Morgan fingerprint density at radius 2 is 2.00 bits per heavy atom. The average molecular weight is 148 g/mol. The van der Waals surface area contributed by atoms with E-state index < -0.39 is 0 Å². The molecule has 0 atom stereocenters. The van der Waals surface area contributed by atoms with Crippen LogP contribution in [0.15, 0.2) is 12.3 Å². The van der Waals surface area contributed by atoms with E-state index in [9.17, 15) is 0 Å². The Labute approximate surface area is 68.1 Å². The van der Waals surface area contributed by atoms with E-state index in [-0.39, 0.29) is 0 Å². The summed E-state index contributed by atoms with van der Waals surface area (Å²) >= 11 is 0. The van der Waals surface area contributed by atoms with Crippen LogP contribution in [-0.2, 0) is 0 Å². The number of hydrogen-bond donors (Lipinski definition) is 1. The lowest BCUT2D eigenvalue weighted by atomic mass is 10.3. The fourth-order valence-electron chi connectivity index (χ4n) is 0.439. The second-order valence-electron chi connectivity index (χ2n) is 1.94. The van der Waals surface area contributed by atoms with E-state index >= 15 is 0 Å². The Bertz CT molecular complexity index is 217. The third kappa shape index (κ3) is 8.66. The minimum Gasteiger partial charge on any atom is -0.516 e. The number of rotatable bonds is 2. The van der Waals surface area contributed by atoms with Gasteiger partial charge in [0, 0.05) is 12.8 Å². The van der Waals surface area contributed by atoms with Crippen molar-refractivity contribution in [2.45, 2.75) is 26.2 Å². The summed E-state index contributed by atoms with van der Waals surface area (Å²) in [6.45, 7) is 2.08. The topological polar surface area (TPSA) is 20.2 Å². The summed E-state index contributed by atoms with van der Waals surface area (Å²) in [6.07, 6.45) is 5.12. The molecule has 1 N–H and O–H groups in total. The quantitative estimate of drug-likeness (QED) is 0.470. The molecule has 0 radical (unpaired) electrons. The van der Waals surface area contributed by atoms with Gasteiger partial charge < -0.3 is 5.11 Å². The smallest absolute Gasteiger partial charge is 0.0761 e. The molecule has 0 saturated heterocycles. The highest BCUT2D eigenvalue weighted by atomic mass is 16.2. The standard InChI is InChI=1S/C10H12O/c1-2-3-4-5-6-7-8-9-10-11/h9-11H,2-3,8H2,1H3. The van der Waals surface area contributed by atoms with E-state index in [0.717, 1.165) is 19.1 Å². The van der Waals surface area contributed by atoms with Crippen molar-refractivity contribution in [2.75, 3.05) is 0 Å². The molecule has 0 aliphatic heterocycles. The largest absolute Gasteiger partial charge is 0.516 e. The summed E-state index contributed by atoms with van der Waals surface area (Å²) in [5, 5.41) is 8.22. The molecule has 0 aromatic carbocycles. The van der Waals surface area contributed by atoms with Crippen LogP contribution in [0.2, 0.25) is 0 Å². The van der Waals surface area contributed by atoms with Gasteiger partial charge in [0.1, 0.15) is 0 Å².